The lowest BCUT2D eigenvalue weighted by Gasteiger charge is -2.14. The van der Waals surface area contributed by atoms with Crippen LogP contribution in [0.25, 0.3) is 22.2 Å². The van der Waals surface area contributed by atoms with Crippen LogP contribution in [0.2, 0.25) is 0 Å². The van der Waals surface area contributed by atoms with Crippen molar-refractivity contribution in [1.29, 1.82) is 0 Å². The minimum absolute atomic E-state index is 0.0173. The molecule has 5 rings (SSSR count). The van der Waals surface area contributed by atoms with E-state index < -0.39 is 5.97 Å². The van der Waals surface area contributed by atoms with E-state index in [0.717, 1.165) is 50.3 Å². The molecule has 6 heteroatoms. The van der Waals surface area contributed by atoms with Gasteiger partial charge >= 0.3 is 5.97 Å². The molecule has 0 amide bonds. The van der Waals surface area contributed by atoms with Crippen LogP contribution in [0.1, 0.15) is 36.1 Å². The Morgan fingerprint density at radius 1 is 1.09 bits per heavy atom. The van der Waals surface area contributed by atoms with Gasteiger partial charge in [-0.1, -0.05) is 36.4 Å². The van der Waals surface area contributed by atoms with E-state index in [4.69, 9.17) is 14.9 Å². The molecule has 1 unspecified atom stereocenters. The maximum Gasteiger partial charge on any atom is 0.303 e. The minimum atomic E-state index is -0.786. The first kappa shape index (κ1) is 22.5. The highest BCUT2D eigenvalue weighted by Crippen LogP contribution is 2.32. The first-order valence-electron chi connectivity index (χ1n) is 11.7. The number of rotatable bonds is 8. The summed E-state index contributed by atoms with van der Waals surface area (Å²) in [6.45, 7) is 4.15. The molecule has 1 atom stereocenters. The molecular formula is C29H27N3O3. The van der Waals surface area contributed by atoms with Crippen LogP contribution in [0, 0.1) is 6.92 Å². The number of hydrogen-bond acceptors (Lipinski definition) is 3. The van der Waals surface area contributed by atoms with Gasteiger partial charge in [0.1, 0.15) is 11.5 Å². The number of hydrogen-bond donors (Lipinski definition) is 2. The fourth-order valence-corrected chi connectivity index (χ4v) is 4.34. The van der Waals surface area contributed by atoms with E-state index >= 15 is 0 Å². The summed E-state index contributed by atoms with van der Waals surface area (Å²) >= 11 is 0. The third-order valence-electron chi connectivity index (χ3n) is 6.38. The van der Waals surface area contributed by atoms with Gasteiger partial charge in [0, 0.05) is 40.8 Å². The van der Waals surface area contributed by atoms with Crippen LogP contribution in [0.15, 0.2) is 85.2 Å². The molecule has 3 aromatic carbocycles. The zero-order chi connectivity index (χ0) is 24.4. The molecule has 35 heavy (non-hydrogen) atoms. The summed E-state index contributed by atoms with van der Waals surface area (Å²) in [7, 11) is 0. The van der Waals surface area contributed by atoms with Crippen LogP contribution in [0.4, 0.5) is 0 Å². The van der Waals surface area contributed by atoms with Gasteiger partial charge in [-0.05, 0) is 67.8 Å². The monoisotopic (exact) mass is 465 g/mol. The molecule has 0 fully saturated rings. The molecule has 0 aliphatic rings. The molecule has 0 aliphatic carbocycles. The second-order valence-corrected chi connectivity index (χ2v) is 8.75. The Kier molecular flexibility index (Phi) is 6.10. The maximum atomic E-state index is 10.9. The van der Waals surface area contributed by atoms with E-state index in [2.05, 4.69) is 37.0 Å². The Bertz CT molecular complexity index is 1500. The first-order chi connectivity index (χ1) is 17.0. The lowest BCUT2D eigenvalue weighted by atomic mass is 10.0. The third-order valence-corrected chi connectivity index (χ3v) is 6.38. The van der Waals surface area contributed by atoms with Gasteiger partial charge in [0.2, 0.25) is 0 Å². The van der Waals surface area contributed by atoms with Gasteiger partial charge in [0.15, 0.2) is 0 Å². The van der Waals surface area contributed by atoms with Crippen molar-refractivity contribution in [1.82, 2.24) is 14.8 Å². The van der Waals surface area contributed by atoms with Crippen molar-refractivity contribution in [3.05, 3.63) is 102 Å². The average molecular weight is 466 g/mol. The van der Waals surface area contributed by atoms with Crippen LogP contribution >= 0.6 is 0 Å². The van der Waals surface area contributed by atoms with E-state index in [9.17, 15) is 4.79 Å². The van der Waals surface area contributed by atoms with Crippen LogP contribution in [0.3, 0.4) is 0 Å². The summed E-state index contributed by atoms with van der Waals surface area (Å²) in [6.07, 6.45) is 4.55. The lowest BCUT2D eigenvalue weighted by Crippen LogP contribution is -2.08. The van der Waals surface area contributed by atoms with E-state index in [0.29, 0.717) is 6.42 Å². The topological polar surface area (TPSA) is 80.1 Å². The smallest absolute Gasteiger partial charge is 0.303 e. The van der Waals surface area contributed by atoms with Gasteiger partial charge in [0.05, 0.1) is 11.7 Å². The third kappa shape index (κ3) is 4.82. The number of ether oxygens (including phenoxy) is 1. The molecule has 2 aromatic heterocycles. The summed E-state index contributed by atoms with van der Waals surface area (Å²) in [5, 5.41) is 14.9. The zero-order valence-corrected chi connectivity index (χ0v) is 19.7. The molecular weight excluding hydrogens is 438 g/mol. The van der Waals surface area contributed by atoms with Gasteiger partial charge in [-0.25, -0.2) is 0 Å². The molecule has 6 nitrogen and oxygen atoms in total. The summed E-state index contributed by atoms with van der Waals surface area (Å²) in [5.74, 6) is 0.803. The van der Waals surface area contributed by atoms with Crippen molar-refractivity contribution in [3.8, 4) is 22.8 Å². The normalized spacial score (nSPS) is 12.1. The number of nitrogens with one attached hydrogen (secondary N) is 1. The van der Waals surface area contributed by atoms with Gasteiger partial charge in [0.25, 0.3) is 0 Å². The van der Waals surface area contributed by atoms with Crippen molar-refractivity contribution in [2.75, 3.05) is 0 Å². The Morgan fingerprint density at radius 3 is 2.80 bits per heavy atom. The number of nitrogens with zero attached hydrogens (tertiary/aromatic N) is 2. The number of aromatic amines is 1. The Labute approximate surface area is 203 Å². The van der Waals surface area contributed by atoms with Crippen LogP contribution in [0.5, 0.6) is 11.5 Å². The number of carboxylic acids is 1. The minimum Gasteiger partial charge on any atom is -0.481 e. The number of aromatic nitrogens is 3. The molecule has 2 N–H and O–H groups in total. The fraction of sp³-hybridized carbons (Fsp3) is 0.172. The Balaban J connectivity index is 1.35. The molecule has 0 spiro atoms. The highest BCUT2D eigenvalue weighted by molar-refractivity contribution is 5.85. The summed E-state index contributed by atoms with van der Waals surface area (Å²) < 4.78 is 8.17. The van der Waals surface area contributed by atoms with Crippen LogP contribution in [-0.4, -0.2) is 25.8 Å². The summed E-state index contributed by atoms with van der Waals surface area (Å²) in [6, 6.07) is 24.1. The van der Waals surface area contributed by atoms with Crippen molar-refractivity contribution in [2.45, 2.75) is 32.7 Å². The number of aryl methyl sites for hydroxylation is 2. The average Bonchev–Trinajstić information content (AvgIpc) is 3.55. The van der Waals surface area contributed by atoms with Gasteiger partial charge in [-0.15, -0.1) is 0 Å². The molecule has 0 saturated carbocycles. The van der Waals surface area contributed by atoms with E-state index in [1.807, 2.05) is 71.7 Å². The van der Waals surface area contributed by atoms with Crippen molar-refractivity contribution < 1.29 is 14.6 Å². The Morgan fingerprint density at radius 2 is 1.94 bits per heavy atom. The number of aliphatic carboxylic acids is 1. The van der Waals surface area contributed by atoms with Gasteiger partial charge in [-0.2, -0.15) is 5.10 Å². The number of H-pyrrole nitrogens is 1. The number of fused-ring (bicyclic) bond motifs is 1. The SMILES string of the molecule is Cc1c(Oc2cccc(-c3ccn(C(C)c4cccc(CCC(=O)O)c4)n3)c2)ccc2[nH]ccc12. The second kappa shape index (κ2) is 9.50. The fourth-order valence-electron chi connectivity index (χ4n) is 4.34. The van der Waals surface area contributed by atoms with Crippen molar-refractivity contribution in [2.24, 2.45) is 0 Å². The van der Waals surface area contributed by atoms with Crippen LogP contribution in [-0.2, 0) is 11.2 Å². The number of carbonyl (C=O) groups is 1. The lowest BCUT2D eigenvalue weighted by molar-refractivity contribution is -0.136. The first-order valence-corrected chi connectivity index (χ1v) is 11.7. The molecule has 0 saturated heterocycles. The maximum absolute atomic E-state index is 10.9. The summed E-state index contributed by atoms with van der Waals surface area (Å²) in [5.41, 5.74) is 6.14. The molecule has 0 bridgehead atoms. The Hall–Kier alpha value is -4.32. The second-order valence-electron chi connectivity index (χ2n) is 8.75. The van der Waals surface area contributed by atoms with E-state index in [1.54, 1.807) is 0 Å². The largest absolute Gasteiger partial charge is 0.481 e. The summed E-state index contributed by atoms with van der Waals surface area (Å²) in [4.78, 5) is 14.1. The molecule has 176 valence electrons. The molecule has 5 aromatic rings. The molecule has 0 aliphatic heterocycles. The molecule has 0 radical (unpaired) electrons. The van der Waals surface area contributed by atoms with Crippen LogP contribution < -0.4 is 4.74 Å². The molecule has 2 heterocycles. The zero-order valence-electron chi connectivity index (χ0n) is 19.7. The van der Waals surface area contributed by atoms with Crippen molar-refractivity contribution in [3.63, 3.8) is 0 Å². The predicted molar refractivity (Wildman–Crippen MR) is 137 cm³/mol. The van der Waals surface area contributed by atoms with Gasteiger partial charge in [-0.3, -0.25) is 9.48 Å². The highest BCUT2D eigenvalue weighted by atomic mass is 16.5. The van der Waals surface area contributed by atoms with Gasteiger partial charge < -0.3 is 14.8 Å². The number of carboxylic acid groups (broad SMARTS) is 1. The highest BCUT2D eigenvalue weighted by Gasteiger charge is 2.13. The predicted octanol–water partition coefficient (Wildman–Crippen LogP) is 6.76. The van der Waals surface area contributed by atoms with Crippen molar-refractivity contribution >= 4 is 16.9 Å². The standard InChI is InChI=1S/C29H27N3O3/c1-19-25-13-15-30-27(25)10-11-28(19)35-24-8-4-7-23(18-24)26-14-16-32(31-26)20(2)22-6-3-5-21(17-22)9-12-29(33)34/h3-8,10-11,13-18,20,30H,9,12H2,1-2H3,(H,33,34). The van der Waals surface area contributed by atoms with E-state index in [-0.39, 0.29) is 12.5 Å². The number of benzene rings is 3. The van der Waals surface area contributed by atoms with E-state index in [1.165, 1.54) is 0 Å². The quantitative estimate of drug-likeness (QED) is 0.265.